The fraction of sp³-hybridized carbons (Fsp3) is 0.375. The van der Waals surface area contributed by atoms with Crippen molar-refractivity contribution in [2.45, 2.75) is 25.8 Å². The third kappa shape index (κ3) is 3.68. The SMILES string of the molecule is Cc1cccc(-c2nc(CC(=O)NC3CCNC3)cs2)c1. The predicted molar refractivity (Wildman–Crippen MR) is 85.4 cm³/mol. The van der Waals surface area contributed by atoms with E-state index >= 15 is 0 Å². The van der Waals surface area contributed by atoms with Crippen LogP contribution in [0, 0.1) is 6.92 Å². The Morgan fingerprint density at radius 3 is 3.19 bits per heavy atom. The van der Waals surface area contributed by atoms with Crippen molar-refractivity contribution < 1.29 is 4.79 Å². The summed E-state index contributed by atoms with van der Waals surface area (Å²) in [7, 11) is 0. The first-order chi connectivity index (χ1) is 10.2. The number of hydrogen-bond donors (Lipinski definition) is 2. The zero-order valence-corrected chi connectivity index (χ0v) is 12.9. The molecule has 1 saturated heterocycles. The number of amides is 1. The molecule has 1 fully saturated rings. The molecule has 1 aliphatic heterocycles. The number of thiazole rings is 1. The van der Waals surface area contributed by atoms with Gasteiger partial charge < -0.3 is 10.6 Å². The monoisotopic (exact) mass is 301 g/mol. The van der Waals surface area contributed by atoms with E-state index in [4.69, 9.17) is 0 Å². The minimum Gasteiger partial charge on any atom is -0.352 e. The molecule has 1 unspecified atom stereocenters. The molecular weight excluding hydrogens is 282 g/mol. The molecule has 21 heavy (non-hydrogen) atoms. The van der Waals surface area contributed by atoms with Crippen LogP contribution in [0.25, 0.3) is 10.6 Å². The maximum Gasteiger partial charge on any atom is 0.226 e. The van der Waals surface area contributed by atoms with Gasteiger partial charge in [0.2, 0.25) is 5.91 Å². The van der Waals surface area contributed by atoms with Gasteiger partial charge in [0.15, 0.2) is 0 Å². The minimum atomic E-state index is 0.0600. The lowest BCUT2D eigenvalue weighted by atomic mass is 10.1. The van der Waals surface area contributed by atoms with Crippen molar-refractivity contribution in [3.63, 3.8) is 0 Å². The van der Waals surface area contributed by atoms with Crippen molar-refractivity contribution in [3.8, 4) is 10.6 Å². The normalized spacial score (nSPS) is 17.9. The number of nitrogens with zero attached hydrogens (tertiary/aromatic N) is 1. The summed E-state index contributed by atoms with van der Waals surface area (Å²) in [6.07, 6.45) is 1.37. The molecule has 2 aromatic rings. The van der Waals surface area contributed by atoms with Gasteiger partial charge in [0.25, 0.3) is 0 Å². The van der Waals surface area contributed by atoms with E-state index in [0.717, 1.165) is 35.8 Å². The number of aromatic nitrogens is 1. The van der Waals surface area contributed by atoms with Gasteiger partial charge in [-0.05, 0) is 26.0 Å². The number of carbonyl (C=O) groups is 1. The molecule has 1 amide bonds. The van der Waals surface area contributed by atoms with Crippen molar-refractivity contribution in [1.82, 2.24) is 15.6 Å². The van der Waals surface area contributed by atoms with Crippen LogP contribution in [0.2, 0.25) is 0 Å². The van der Waals surface area contributed by atoms with E-state index in [2.05, 4.69) is 40.7 Å². The van der Waals surface area contributed by atoms with Crippen LogP contribution in [0.1, 0.15) is 17.7 Å². The van der Waals surface area contributed by atoms with Crippen LogP contribution < -0.4 is 10.6 Å². The molecule has 3 rings (SSSR count). The van der Waals surface area contributed by atoms with Gasteiger partial charge in [0.05, 0.1) is 12.1 Å². The maximum atomic E-state index is 12.0. The van der Waals surface area contributed by atoms with E-state index in [1.807, 2.05) is 11.4 Å². The fourth-order valence-corrected chi connectivity index (χ4v) is 3.34. The van der Waals surface area contributed by atoms with E-state index in [9.17, 15) is 4.79 Å². The van der Waals surface area contributed by atoms with Crippen LogP contribution in [-0.4, -0.2) is 30.0 Å². The summed E-state index contributed by atoms with van der Waals surface area (Å²) in [5, 5.41) is 9.25. The molecule has 1 aromatic heterocycles. The third-order valence-electron chi connectivity index (χ3n) is 3.58. The van der Waals surface area contributed by atoms with Gasteiger partial charge in [0.1, 0.15) is 5.01 Å². The average Bonchev–Trinajstić information content (AvgIpc) is 3.10. The highest BCUT2D eigenvalue weighted by molar-refractivity contribution is 7.13. The summed E-state index contributed by atoms with van der Waals surface area (Å²) in [4.78, 5) is 16.6. The first kappa shape index (κ1) is 14.2. The molecule has 1 aliphatic rings. The third-order valence-corrected chi connectivity index (χ3v) is 4.52. The van der Waals surface area contributed by atoms with Gasteiger partial charge in [-0.25, -0.2) is 4.98 Å². The zero-order chi connectivity index (χ0) is 14.7. The van der Waals surface area contributed by atoms with Crippen molar-refractivity contribution in [2.75, 3.05) is 13.1 Å². The topological polar surface area (TPSA) is 54.0 Å². The number of hydrogen-bond acceptors (Lipinski definition) is 4. The molecule has 1 atom stereocenters. The van der Waals surface area contributed by atoms with Gasteiger partial charge >= 0.3 is 0 Å². The van der Waals surface area contributed by atoms with Gasteiger partial charge in [0, 0.05) is 23.5 Å². The zero-order valence-electron chi connectivity index (χ0n) is 12.1. The average molecular weight is 301 g/mol. The molecule has 4 nitrogen and oxygen atoms in total. The van der Waals surface area contributed by atoms with Crippen LogP contribution in [0.15, 0.2) is 29.6 Å². The smallest absolute Gasteiger partial charge is 0.226 e. The Morgan fingerprint density at radius 1 is 1.52 bits per heavy atom. The number of nitrogens with one attached hydrogen (secondary N) is 2. The molecule has 2 heterocycles. The summed E-state index contributed by atoms with van der Waals surface area (Å²) in [6, 6.07) is 8.55. The van der Waals surface area contributed by atoms with Crippen LogP contribution in [0.3, 0.4) is 0 Å². The molecule has 0 bridgehead atoms. The highest BCUT2D eigenvalue weighted by atomic mass is 32.1. The van der Waals surface area contributed by atoms with E-state index in [-0.39, 0.29) is 11.9 Å². The van der Waals surface area contributed by atoms with Gasteiger partial charge in [-0.3, -0.25) is 4.79 Å². The molecular formula is C16H19N3OS. The van der Waals surface area contributed by atoms with Crippen molar-refractivity contribution >= 4 is 17.2 Å². The number of rotatable bonds is 4. The van der Waals surface area contributed by atoms with Gasteiger partial charge in [-0.1, -0.05) is 23.8 Å². The Hall–Kier alpha value is -1.72. The van der Waals surface area contributed by atoms with Crippen molar-refractivity contribution in [2.24, 2.45) is 0 Å². The van der Waals surface area contributed by atoms with Crippen LogP contribution in [0.4, 0.5) is 0 Å². The lowest BCUT2D eigenvalue weighted by molar-refractivity contribution is -0.121. The fourth-order valence-electron chi connectivity index (χ4n) is 2.52. The highest BCUT2D eigenvalue weighted by Crippen LogP contribution is 2.24. The molecule has 0 spiro atoms. The van der Waals surface area contributed by atoms with E-state index in [1.54, 1.807) is 11.3 Å². The Labute approximate surface area is 128 Å². The van der Waals surface area contributed by atoms with E-state index < -0.39 is 0 Å². The number of aryl methyl sites for hydroxylation is 1. The molecule has 110 valence electrons. The second kappa shape index (κ2) is 6.37. The highest BCUT2D eigenvalue weighted by Gasteiger charge is 2.17. The molecule has 5 heteroatoms. The predicted octanol–water partition coefficient (Wildman–Crippen LogP) is 2.14. The standard InChI is InChI=1S/C16H19N3OS/c1-11-3-2-4-12(7-11)16-19-14(10-21-16)8-15(20)18-13-5-6-17-9-13/h2-4,7,10,13,17H,5-6,8-9H2,1H3,(H,18,20). The number of benzene rings is 1. The Morgan fingerprint density at radius 2 is 2.43 bits per heavy atom. The Bertz CT molecular complexity index is 632. The molecule has 0 saturated carbocycles. The van der Waals surface area contributed by atoms with Crippen molar-refractivity contribution in [3.05, 3.63) is 40.9 Å². The van der Waals surface area contributed by atoms with Crippen LogP contribution >= 0.6 is 11.3 Å². The largest absolute Gasteiger partial charge is 0.352 e. The quantitative estimate of drug-likeness (QED) is 0.910. The summed E-state index contributed by atoms with van der Waals surface area (Å²) in [6.45, 7) is 3.93. The van der Waals surface area contributed by atoms with Gasteiger partial charge in [-0.15, -0.1) is 11.3 Å². The van der Waals surface area contributed by atoms with Crippen LogP contribution in [0.5, 0.6) is 0 Å². The molecule has 0 radical (unpaired) electrons. The van der Waals surface area contributed by atoms with E-state index in [0.29, 0.717) is 6.42 Å². The lowest BCUT2D eigenvalue weighted by Crippen LogP contribution is -2.37. The minimum absolute atomic E-state index is 0.0600. The molecule has 2 N–H and O–H groups in total. The summed E-state index contributed by atoms with van der Waals surface area (Å²) in [5.74, 6) is 0.0600. The first-order valence-electron chi connectivity index (χ1n) is 7.22. The van der Waals surface area contributed by atoms with Gasteiger partial charge in [-0.2, -0.15) is 0 Å². The Kier molecular flexibility index (Phi) is 4.31. The first-order valence-corrected chi connectivity index (χ1v) is 8.10. The summed E-state index contributed by atoms with van der Waals surface area (Å²) in [5.41, 5.74) is 3.18. The molecule has 0 aliphatic carbocycles. The molecule has 1 aromatic carbocycles. The van der Waals surface area contributed by atoms with Crippen LogP contribution in [-0.2, 0) is 11.2 Å². The summed E-state index contributed by atoms with van der Waals surface area (Å²) < 4.78 is 0. The second-order valence-corrected chi connectivity index (χ2v) is 6.31. The maximum absolute atomic E-state index is 12.0. The van der Waals surface area contributed by atoms with E-state index in [1.165, 1.54) is 5.56 Å². The van der Waals surface area contributed by atoms with Crippen molar-refractivity contribution in [1.29, 1.82) is 0 Å². The Balaban J connectivity index is 1.63. The second-order valence-electron chi connectivity index (χ2n) is 5.45. The lowest BCUT2D eigenvalue weighted by Gasteiger charge is -2.10. The number of carbonyl (C=O) groups excluding carboxylic acids is 1. The summed E-state index contributed by atoms with van der Waals surface area (Å²) >= 11 is 1.59.